The molecule has 174 valence electrons. The molecule has 0 aliphatic rings. The van der Waals surface area contributed by atoms with Gasteiger partial charge in [-0.05, 0) is 77.3 Å². The molecule has 3 N–H and O–H groups in total. The fourth-order valence-electron chi connectivity index (χ4n) is 3.46. The van der Waals surface area contributed by atoms with E-state index in [1.54, 1.807) is 12.1 Å². The second-order valence-electron chi connectivity index (χ2n) is 8.03. The van der Waals surface area contributed by atoms with Crippen LogP contribution in [0.5, 0.6) is 5.75 Å². The van der Waals surface area contributed by atoms with E-state index in [9.17, 15) is 4.79 Å². The van der Waals surface area contributed by atoms with E-state index in [1.807, 2.05) is 48.5 Å². The summed E-state index contributed by atoms with van der Waals surface area (Å²) in [5.74, 6) is 1.50. The van der Waals surface area contributed by atoms with Crippen LogP contribution in [0.1, 0.15) is 48.1 Å². The van der Waals surface area contributed by atoms with Gasteiger partial charge in [-0.3, -0.25) is 15.6 Å². The van der Waals surface area contributed by atoms with Gasteiger partial charge in [-0.25, -0.2) is 0 Å². The zero-order valence-electron chi connectivity index (χ0n) is 19.1. The summed E-state index contributed by atoms with van der Waals surface area (Å²) in [6.07, 6.45) is 1.09. The molecule has 6 nitrogen and oxygen atoms in total. The van der Waals surface area contributed by atoms with Crippen LogP contribution in [0.4, 0.5) is 5.69 Å². The van der Waals surface area contributed by atoms with Crippen molar-refractivity contribution in [3.63, 3.8) is 0 Å². The summed E-state index contributed by atoms with van der Waals surface area (Å²) >= 11 is 5.26. The van der Waals surface area contributed by atoms with Crippen molar-refractivity contribution in [3.05, 3.63) is 95.9 Å². The molecule has 7 heteroatoms. The molecule has 1 aromatic heterocycles. The molecule has 0 spiro atoms. The van der Waals surface area contributed by atoms with Crippen molar-refractivity contribution >= 4 is 39.7 Å². The molecule has 4 rings (SSSR count). The first-order chi connectivity index (χ1) is 16.5. The summed E-state index contributed by atoms with van der Waals surface area (Å²) < 4.78 is 11.4. The Morgan fingerprint density at radius 1 is 0.971 bits per heavy atom. The van der Waals surface area contributed by atoms with Crippen LogP contribution >= 0.6 is 12.2 Å². The number of anilines is 1. The number of amides is 1. The number of fused-ring (bicyclic) bond motifs is 1. The van der Waals surface area contributed by atoms with Crippen molar-refractivity contribution in [2.75, 3.05) is 5.32 Å². The van der Waals surface area contributed by atoms with E-state index in [-0.39, 0.29) is 17.5 Å². The van der Waals surface area contributed by atoms with Crippen LogP contribution in [0, 0.1) is 0 Å². The van der Waals surface area contributed by atoms with Gasteiger partial charge in [-0.1, -0.05) is 56.3 Å². The van der Waals surface area contributed by atoms with Gasteiger partial charge in [-0.2, -0.15) is 0 Å². The molecule has 0 saturated carbocycles. The first-order valence-electron chi connectivity index (χ1n) is 11.2. The highest BCUT2D eigenvalue weighted by molar-refractivity contribution is 7.80. The number of benzene rings is 3. The Balaban J connectivity index is 1.25. The topological polar surface area (TPSA) is 75.5 Å². The van der Waals surface area contributed by atoms with Gasteiger partial charge in [0, 0.05) is 5.69 Å². The number of ether oxygens (including phenoxy) is 1. The molecular formula is C27H27N3O3S. The minimum Gasteiger partial charge on any atom is -0.486 e. The lowest BCUT2D eigenvalue weighted by atomic mass is 9.99. The van der Waals surface area contributed by atoms with Gasteiger partial charge < -0.3 is 14.5 Å². The number of furan rings is 1. The fourth-order valence-corrected chi connectivity index (χ4v) is 3.63. The van der Waals surface area contributed by atoms with Crippen LogP contribution in [0.15, 0.2) is 83.3 Å². The minimum atomic E-state index is -0.437. The molecule has 1 atom stereocenters. The van der Waals surface area contributed by atoms with Crippen molar-refractivity contribution in [1.29, 1.82) is 0 Å². The molecule has 1 heterocycles. The lowest BCUT2D eigenvalue weighted by Crippen LogP contribution is -2.43. The largest absolute Gasteiger partial charge is 0.486 e. The monoisotopic (exact) mass is 473 g/mol. The highest BCUT2D eigenvalue weighted by atomic mass is 32.1. The molecular weight excluding hydrogens is 446 g/mol. The normalized spacial score (nSPS) is 11.6. The smallest absolute Gasteiger partial charge is 0.305 e. The molecule has 0 fully saturated rings. The van der Waals surface area contributed by atoms with Crippen LogP contribution in [0.25, 0.3) is 10.8 Å². The summed E-state index contributed by atoms with van der Waals surface area (Å²) in [4.78, 5) is 12.4. The Bertz CT molecular complexity index is 1280. The predicted octanol–water partition coefficient (Wildman–Crippen LogP) is 6.16. The number of nitrogens with one attached hydrogen (secondary N) is 3. The zero-order chi connectivity index (χ0) is 23.9. The first kappa shape index (κ1) is 23.3. The SMILES string of the molecule is CC[C@@H](C)c1ccc(NC(=S)NNC(=O)c2ccc(COc3ccc4ccccc4c3)o2)cc1. The Kier molecular flexibility index (Phi) is 7.44. The average molecular weight is 474 g/mol. The summed E-state index contributed by atoms with van der Waals surface area (Å²) in [7, 11) is 0. The average Bonchev–Trinajstić information content (AvgIpc) is 3.35. The Labute approximate surface area is 204 Å². The van der Waals surface area contributed by atoms with Crippen LogP contribution in [-0.4, -0.2) is 11.0 Å². The molecule has 0 unspecified atom stereocenters. The molecule has 0 bridgehead atoms. The Morgan fingerprint density at radius 2 is 1.74 bits per heavy atom. The van der Waals surface area contributed by atoms with E-state index in [0.717, 1.165) is 28.6 Å². The summed E-state index contributed by atoms with van der Waals surface area (Å²) in [6.45, 7) is 4.57. The maximum atomic E-state index is 12.4. The number of carbonyl (C=O) groups is 1. The maximum absolute atomic E-state index is 12.4. The highest BCUT2D eigenvalue weighted by Crippen LogP contribution is 2.22. The molecule has 0 saturated heterocycles. The second-order valence-corrected chi connectivity index (χ2v) is 8.44. The van der Waals surface area contributed by atoms with Gasteiger partial charge in [-0.15, -0.1) is 0 Å². The van der Waals surface area contributed by atoms with Gasteiger partial charge in [0.25, 0.3) is 0 Å². The molecule has 34 heavy (non-hydrogen) atoms. The number of hydrazine groups is 1. The summed E-state index contributed by atoms with van der Waals surface area (Å²) in [5.41, 5.74) is 7.34. The third kappa shape index (κ3) is 5.94. The van der Waals surface area contributed by atoms with E-state index < -0.39 is 5.91 Å². The van der Waals surface area contributed by atoms with E-state index in [2.05, 4.69) is 48.2 Å². The summed E-state index contributed by atoms with van der Waals surface area (Å²) in [6, 6.07) is 25.3. The predicted molar refractivity (Wildman–Crippen MR) is 139 cm³/mol. The van der Waals surface area contributed by atoms with Gasteiger partial charge in [0.1, 0.15) is 18.1 Å². The highest BCUT2D eigenvalue weighted by Gasteiger charge is 2.12. The van der Waals surface area contributed by atoms with E-state index >= 15 is 0 Å². The quantitative estimate of drug-likeness (QED) is 0.221. The van der Waals surface area contributed by atoms with E-state index in [0.29, 0.717) is 11.7 Å². The zero-order valence-corrected chi connectivity index (χ0v) is 19.9. The van der Waals surface area contributed by atoms with Gasteiger partial charge >= 0.3 is 5.91 Å². The van der Waals surface area contributed by atoms with Crippen LogP contribution in [0.3, 0.4) is 0 Å². The number of carbonyl (C=O) groups excluding carboxylic acids is 1. The number of rotatable bonds is 7. The third-order valence-corrected chi connectivity index (χ3v) is 5.83. The van der Waals surface area contributed by atoms with E-state index in [1.165, 1.54) is 5.56 Å². The Morgan fingerprint density at radius 3 is 2.50 bits per heavy atom. The van der Waals surface area contributed by atoms with Crippen molar-refractivity contribution in [3.8, 4) is 5.75 Å². The minimum absolute atomic E-state index is 0.158. The maximum Gasteiger partial charge on any atom is 0.305 e. The van der Waals surface area contributed by atoms with Crippen LogP contribution in [-0.2, 0) is 6.61 Å². The third-order valence-electron chi connectivity index (χ3n) is 5.63. The molecule has 0 radical (unpaired) electrons. The van der Waals surface area contributed by atoms with Crippen LogP contribution in [0.2, 0.25) is 0 Å². The van der Waals surface area contributed by atoms with E-state index in [4.69, 9.17) is 21.4 Å². The lowest BCUT2D eigenvalue weighted by molar-refractivity contribution is 0.0912. The van der Waals surface area contributed by atoms with Crippen molar-refractivity contribution < 1.29 is 13.9 Å². The van der Waals surface area contributed by atoms with Crippen LogP contribution < -0.4 is 20.9 Å². The molecule has 0 aliphatic heterocycles. The molecule has 4 aromatic rings. The van der Waals surface area contributed by atoms with Gasteiger partial charge in [0.2, 0.25) is 0 Å². The first-order valence-corrected chi connectivity index (χ1v) is 11.6. The second kappa shape index (κ2) is 10.9. The lowest BCUT2D eigenvalue weighted by Gasteiger charge is -2.13. The molecule has 3 aromatic carbocycles. The molecule has 1 amide bonds. The molecule has 0 aliphatic carbocycles. The van der Waals surface area contributed by atoms with Crippen molar-refractivity contribution in [2.45, 2.75) is 32.8 Å². The fraction of sp³-hybridized carbons (Fsp3) is 0.185. The van der Waals surface area contributed by atoms with Crippen molar-refractivity contribution in [2.24, 2.45) is 0 Å². The van der Waals surface area contributed by atoms with Crippen molar-refractivity contribution in [1.82, 2.24) is 10.9 Å². The standard InChI is InChI=1S/C27H27N3O3S/c1-3-18(2)19-8-11-22(12-9-19)28-27(34)30-29-26(31)25-15-14-24(33-25)17-32-23-13-10-20-6-4-5-7-21(20)16-23/h4-16,18H,3,17H2,1-2H3,(H,29,31)(H2,28,30,34)/t18-/m1/s1. The number of hydrogen-bond donors (Lipinski definition) is 3. The summed E-state index contributed by atoms with van der Waals surface area (Å²) in [5, 5.41) is 5.57. The Hall–Kier alpha value is -3.84. The van der Waals surface area contributed by atoms with Gasteiger partial charge in [0.15, 0.2) is 10.9 Å². The van der Waals surface area contributed by atoms with Gasteiger partial charge in [0.05, 0.1) is 0 Å². The number of thiocarbonyl (C=S) groups is 1. The number of hydrogen-bond acceptors (Lipinski definition) is 4.